The van der Waals surface area contributed by atoms with E-state index in [4.69, 9.17) is 9.47 Å². The summed E-state index contributed by atoms with van der Waals surface area (Å²) >= 11 is 0. The third kappa shape index (κ3) is 6.75. The Hall–Kier alpha value is -4.97. The number of rotatable bonds is 11. The molecule has 4 aromatic rings. The third-order valence-electron chi connectivity index (χ3n) is 7.64. The Kier molecular flexibility index (Phi) is 8.18. The van der Waals surface area contributed by atoms with E-state index in [1.165, 1.54) is 12.8 Å². The van der Waals surface area contributed by atoms with Crippen LogP contribution in [-0.4, -0.2) is 87.7 Å². The lowest BCUT2D eigenvalue weighted by Gasteiger charge is -2.16. The van der Waals surface area contributed by atoms with Crippen LogP contribution in [0.3, 0.4) is 0 Å². The number of fused-ring (bicyclic) bond motifs is 1. The summed E-state index contributed by atoms with van der Waals surface area (Å²) in [7, 11) is 3.65. The van der Waals surface area contributed by atoms with Crippen LogP contribution in [0.5, 0.6) is 17.2 Å². The second-order valence-electron chi connectivity index (χ2n) is 10.8. The summed E-state index contributed by atoms with van der Waals surface area (Å²) in [4.78, 5) is 38.1. The number of carbonyl (C=O) groups excluding carboxylic acids is 2. The number of carbonyl (C=O) groups is 2. The number of hydrogen-bond acceptors (Lipinski definition) is 9. The van der Waals surface area contributed by atoms with Gasteiger partial charge in [-0.2, -0.15) is 5.10 Å². The average molecular weight is 583 g/mol. The predicted molar refractivity (Wildman–Crippen MR) is 163 cm³/mol. The molecule has 2 amide bonds. The van der Waals surface area contributed by atoms with E-state index in [-0.39, 0.29) is 17.9 Å². The Morgan fingerprint density at radius 3 is 2.70 bits per heavy atom. The number of nitrogens with one attached hydrogen (secondary N) is 3. The number of likely N-dealkylation sites (N-methyl/N-ethyl adjacent to an activating group) is 1. The number of pyridine rings is 2. The first-order valence-electron chi connectivity index (χ1n) is 14.3. The molecule has 1 saturated carbocycles. The zero-order valence-corrected chi connectivity index (χ0v) is 24.1. The molecule has 0 bridgehead atoms. The molecule has 1 aliphatic carbocycles. The topological polar surface area (TPSA) is 138 Å². The van der Waals surface area contributed by atoms with Crippen LogP contribution in [0.15, 0.2) is 67.0 Å². The van der Waals surface area contributed by atoms with Crippen LogP contribution in [-0.2, 0) is 4.79 Å². The highest BCUT2D eigenvalue weighted by Crippen LogP contribution is 2.34. The van der Waals surface area contributed by atoms with Crippen LogP contribution >= 0.6 is 0 Å². The van der Waals surface area contributed by atoms with E-state index >= 15 is 0 Å². The van der Waals surface area contributed by atoms with Crippen molar-refractivity contribution in [2.75, 3.05) is 44.4 Å². The molecule has 2 aliphatic rings. The number of nitrogens with zero attached hydrogens (tertiary/aromatic N) is 5. The van der Waals surface area contributed by atoms with Crippen molar-refractivity contribution in [3.8, 4) is 17.2 Å². The predicted octanol–water partition coefficient (Wildman–Crippen LogP) is 4.07. The van der Waals surface area contributed by atoms with Crippen LogP contribution in [0.25, 0.3) is 11.0 Å². The Morgan fingerprint density at radius 1 is 1.09 bits per heavy atom. The number of methoxy groups -OCH3 is 1. The van der Waals surface area contributed by atoms with Gasteiger partial charge in [-0.15, -0.1) is 0 Å². The van der Waals surface area contributed by atoms with Gasteiger partial charge in [-0.05, 0) is 56.6 Å². The normalized spacial score (nSPS) is 16.6. The van der Waals surface area contributed by atoms with Gasteiger partial charge in [0, 0.05) is 67.9 Å². The number of benzene rings is 1. The molecule has 2 fully saturated rings. The van der Waals surface area contributed by atoms with Crippen LogP contribution in [0.1, 0.15) is 29.6 Å². The summed E-state index contributed by atoms with van der Waals surface area (Å²) in [5, 5.41) is 14.4. The molecule has 1 atom stereocenters. The molecule has 3 aromatic heterocycles. The Bertz CT molecular complexity index is 1630. The maximum Gasteiger partial charge on any atom is 0.256 e. The van der Waals surface area contributed by atoms with E-state index in [0.29, 0.717) is 64.6 Å². The fraction of sp³-hybridized carbons (Fsp3) is 0.323. The molecule has 0 radical (unpaired) electrons. The Balaban J connectivity index is 1.08. The van der Waals surface area contributed by atoms with Gasteiger partial charge in [0.2, 0.25) is 5.91 Å². The Morgan fingerprint density at radius 2 is 1.91 bits per heavy atom. The van der Waals surface area contributed by atoms with Crippen molar-refractivity contribution in [2.24, 2.45) is 0 Å². The largest absolute Gasteiger partial charge is 0.497 e. The molecule has 222 valence electrons. The van der Waals surface area contributed by atoms with Gasteiger partial charge in [0.15, 0.2) is 11.5 Å². The summed E-state index contributed by atoms with van der Waals surface area (Å²) in [6.07, 6.45) is 10.1. The summed E-state index contributed by atoms with van der Waals surface area (Å²) < 4.78 is 11.4. The first-order valence-corrected chi connectivity index (χ1v) is 14.3. The number of H-pyrrole nitrogens is 1. The highest BCUT2D eigenvalue weighted by atomic mass is 16.5. The lowest BCUT2D eigenvalue weighted by Crippen LogP contribution is -2.30. The van der Waals surface area contributed by atoms with Crippen molar-refractivity contribution in [3.63, 3.8) is 0 Å². The van der Waals surface area contributed by atoms with Crippen molar-refractivity contribution in [1.29, 1.82) is 0 Å². The molecule has 12 heteroatoms. The molecule has 1 aliphatic heterocycles. The second-order valence-corrected chi connectivity index (χ2v) is 10.8. The third-order valence-corrected chi connectivity index (χ3v) is 7.64. The minimum Gasteiger partial charge on any atom is -0.497 e. The lowest BCUT2D eigenvalue weighted by atomic mass is 10.2. The van der Waals surface area contributed by atoms with Gasteiger partial charge in [-0.3, -0.25) is 19.6 Å². The van der Waals surface area contributed by atoms with Crippen molar-refractivity contribution in [1.82, 2.24) is 30.0 Å². The van der Waals surface area contributed by atoms with E-state index in [9.17, 15) is 9.59 Å². The summed E-state index contributed by atoms with van der Waals surface area (Å²) in [5.41, 5.74) is 1.03. The summed E-state index contributed by atoms with van der Waals surface area (Å²) in [5.74, 6) is 2.45. The van der Waals surface area contributed by atoms with Crippen molar-refractivity contribution < 1.29 is 19.1 Å². The molecule has 1 aromatic carbocycles. The number of hydrogen-bond donors (Lipinski definition) is 3. The Labute approximate surface area is 249 Å². The van der Waals surface area contributed by atoms with Gasteiger partial charge in [0.25, 0.3) is 5.91 Å². The standard InChI is InChI=1S/C31H34N8O4/c1-38(22-7-8-22)16-3-4-27(40)39-17-13-21(19-39)34-30-28-25(12-15-33-29(28)36-37-30)43-23-9-5-20(6-10-23)31(41)35-26-18-24(42-2)11-14-32-26/h3-6,9-12,14-15,18,21-22H,7-8,13,16-17,19H2,1-2H3,(H,32,35,41)(H2,33,34,36,37). The molecule has 1 unspecified atom stereocenters. The molecule has 43 heavy (non-hydrogen) atoms. The maximum absolute atomic E-state index is 12.7. The second kappa shape index (κ2) is 12.5. The van der Waals surface area contributed by atoms with Crippen LogP contribution < -0.4 is 20.1 Å². The molecule has 12 nitrogen and oxygen atoms in total. The summed E-state index contributed by atoms with van der Waals surface area (Å²) in [6.45, 7) is 2.05. The van der Waals surface area contributed by atoms with Gasteiger partial charge in [-0.25, -0.2) is 9.97 Å². The average Bonchev–Trinajstić information content (AvgIpc) is 3.64. The van der Waals surface area contributed by atoms with Gasteiger partial charge in [0.1, 0.15) is 28.5 Å². The quantitative estimate of drug-likeness (QED) is 0.224. The molecule has 0 spiro atoms. The smallest absolute Gasteiger partial charge is 0.256 e. The summed E-state index contributed by atoms with van der Waals surface area (Å²) in [6, 6.07) is 12.6. The molecule has 1 saturated heterocycles. The maximum atomic E-state index is 12.7. The molecule has 3 N–H and O–H groups in total. The SMILES string of the molecule is COc1ccnc(NC(=O)c2ccc(Oc3ccnc4[nH]nc(NC5CCN(C(=O)C=CCN(C)C6CC6)C5)c34)cc2)c1. The molecule has 6 rings (SSSR count). The number of aromatic amines is 1. The van der Waals surface area contributed by atoms with Gasteiger partial charge < -0.3 is 25.0 Å². The number of aromatic nitrogens is 4. The van der Waals surface area contributed by atoms with Crippen LogP contribution in [0, 0.1) is 0 Å². The molecular formula is C31H34N8O4. The fourth-order valence-corrected chi connectivity index (χ4v) is 5.07. The van der Waals surface area contributed by atoms with E-state index in [1.807, 2.05) is 11.0 Å². The highest BCUT2D eigenvalue weighted by Gasteiger charge is 2.27. The number of anilines is 2. The first kappa shape index (κ1) is 28.2. The minimum absolute atomic E-state index is 0.0305. The van der Waals surface area contributed by atoms with Gasteiger partial charge >= 0.3 is 0 Å². The lowest BCUT2D eigenvalue weighted by molar-refractivity contribution is -0.125. The highest BCUT2D eigenvalue weighted by molar-refractivity contribution is 6.04. The van der Waals surface area contributed by atoms with Crippen molar-refractivity contribution in [3.05, 3.63) is 72.6 Å². The van der Waals surface area contributed by atoms with Crippen molar-refractivity contribution in [2.45, 2.75) is 31.3 Å². The molecule has 4 heterocycles. The molecular weight excluding hydrogens is 548 g/mol. The van der Waals surface area contributed by atoms with Crippen molar-refractivity contribution >= 4 is 34.5 Å². The van der Waals surface area contributed by atoms with E-state index in [0.717, 1.165) is 13.0 Å². The van der Waals surface area contributed by atoms with E-state index in [2.05, 4.69) is 42.7 Å². The minimum atomic E-state index is -0.301. The van der Waals surface area contributed by atoms with Gasteiger partial charge in [0.05, 0.1) is 7.11 Å². The zero-order valence-electron chi connectivity index (χ0n) is 24.1. The van der Waals surface area contributed by atoms with E-state index < -0.39 is 0 Å². The number of likely N-dealkylation sites (tertiary alicyclic amines) is 1. The number of amides is 2. The monoisotopic (exact) mass is 582 g/mol. The fourth-order valence-electron chi connectivity index (χ4n) is 5.07. The first-order chi connectivity index (χ1) is 21.0. The van der Waals surface area contributed by atoms with Crippen LogP contribution in [0.2, 0.25) is 0 Å². The van der Waals surface area contributed by atoms with Crippen LogP contribution in [0.4, 0.5) is 11.6 Å². The van der Waals surface area contributed by atoms with Gasteiger partial charge in [-0.1, -0.05) is 6.08 Å². The number of ether oxygens (including phenoxy) is 2. The van der Waals surface area contributed by atoms with E-state index in [1.54, 1.807) is 68.0 Å². The zero-order chi connectivity index (χ0) is 29.8.